The zero-order valence-corrected chi connectivity index (χ0v) is 16.9. The maximum Gasteiger partial charge on any atom is 0.253 e. The molecule has 0 saturated carbocycles. The molecule has 8 heteroatoms. The second kappa shape index (κ2) is 8.18. The first-order valence-corrected chi connectivity index (χ1v) is 10.4. The van der Waals surface area contributed by atoms with E-state index in [-0.39, 0.29) is 11.7 Å². The highest BCUT2D eigenvalue weighted by atomic mass is 32.2. The Morgan fingerprint density at radius 2 is 2.21 bits per heavy atom. The maximum absolute atomic E-state index is 13.0. The lowest BCUT2D eigenvalue weighted by Gasteiger charge is -2.26. The number of aryl methyl sites for hydroxylation is 2. The highest BCUT2D eigenvalue weighted by Crippen LogP contribution is 2.25. The van der Waals surface area contributed by atoms with Crippen molar-refractivity contribution in [2.24, 2.45) is 0 Å². The Balaban J connectivity index is 1.49. The average molecular weight is 398 g/mol. The van der Waals surface area contributed by atoms with Crippen molar-refractivity contribution in [2.45, 2.75) is 51.2 Å². The minimum absolute atomic E-state index is 0.0364. The molecule has 146 valence electrons. The minimum Gasteiger partial charge on any atom is -0.467 e. The van der Waals surface area contributed by atoms with Crippen LogP contribution in [0.25, 0.3) is 5.78 Å². The number of rotatable bonds is 6. The first-order chi connectivity index (χ1) is 13.6. The summed E-state index contributed by atoms with van der Waals surface area (Å²) in [5.74, 6) is 1.66. The van der Waals surface area contributed by atoms with Gasteiger partial charge in [0.05, 0.1) is 18.6 Å². The first-order valence-electron chi connectivity index (χ1n) is 9.46. The Kier molecular flexibility index (Phi) is 5.47. The van der Waals surface area contributed by atoms with E-state index in [1.807, 2.05) is 36.9 Å². The number of aromatic nitrogens is 4. The second-order valence-corrected chi connectivity index (χ2v) is 7.88. The summed E-state index contributed by atoms with van der Waals surface area (Å²) in [6.07, 6.45) is 8.04. The highest BCUT2D eigenvalue weighted by Gasteiger charge is 2.22. The molecule has 3 heterocycles. The Labute approximate surface area is 167 Å². The van der Waals surface area contributed by atoms with Crippen molar-refractivity contribution in [1.29, 1.82) is 0 Å². The molecular formula is C20H23N5O2S. The van der Waals surface area contributed by atoms with Crippen molar-refractivity contribution in [3.63, 3.8) is 0 Å². The molecule has 7 nitrogen and oxygen atoms in total. The molecule has 0 atom stereocenters. The van der Waals surface area contributed by atoms with Crippen molar-refractivity contribution in [2.75, 3.05) is 5.75 Å². The van der Waals surface area contributed by atoms with Crippen molar-refractivity contribution < 1.29 is 9.21 Å². The maximum atomic E-state index is 13.0. The number of carbonyl (C=O) groups excluding carboxylic acids is 1. The van der Waals surface area contributed by atoms with E-state index in [4.69, 9.17) is 4.42 Å². The highest BCUT2D eigenvalue weighted by molar-refractivity contribution is 7.99. The number of hydrogen-bond donors (Lipinski definition) is 0. The van der Waals surface area contributed by atoms with Crippen LogP contribution in [0.1, 0.15) is 42.8 Å². The number of nitrogens with zero attached hydrogens (tertiary/aromatic N) is 5. The standard InChI is InChI=1S/C20H23N5O2S/c1-14-11-15(2)25-19(21-14)22-20(23-25)28-13-18(26)24(12-17-9-6-10-27-17)16-7-4-3-5-8-16/h6-7,9-11H,3-5,8,12-13H2,1-2H3. The van der Waals surface area contributed by atoms with Gasteiger partial charge in [0, 0.05) is 17.1 Å². The summed E-state index contributed by atoms with van der Waals surface area (Å²) in [4.78, 5) is 23.7. The van der Waals surface area contributed by atoms with E-state index in [0.29, 0.717) is 17.5 Å². The number of fused-ring (bicyclic) bond motifs is 1. The van der Waals surface area contributed by atoms with Gasteiger partial charge >= 0.3 is 0 Å². The molecule has 28 heavy (non-hydrogen) atoms. The van der Waals surface area contributed by atoms with Crippen LogP contribution in [0.2, 0.25) is 0 Å². The average Bonchev–Trinajstić information content (AvgIpc) is 3.34. The lowest BCUT2D eigenvalue weighted by Crippen LogP contribution is -2.32. The third-order valence-electron chi connectivity index (χ3n) is 4.73. The fraction of sp³-hybridized carbons (Fsp3) is 0.400. The monoisotopic (exact) mass is 397 g/mol. The van der Waals surface area contributed by atoms with Crippen LogP contribution in [-0.2, 0) is 11.3 Å². The van der Waals surface area contributed by atoms with Gasteiger partial charge in [-0.3, -0.25) is 4.79 Å². The van der Waals surface area contributed by atoms with Gasteiger partial charge in [-0.15, -0.1) is 5.10 Å². The molecule has 0 fully saturated rings. The molecule has 0 aromatic carbocycles. The van der Waals surface area contributed by atoms with E-state index < -0.39 is 0 Å². The largest absolute Gasteiger partial charge is 0.467 e. The Hall–Kier alpha value is -2.61. The van der Waals surface area contributed by atoms with Gasteiger partial charge in [-0.2, -0.15) is 4.98 Å². The van der Waals surface area contributed by atoms with Gasteiger partial charge in [0.25, 0.3) is 5.78 Å². The molecule has 0 bridgehead atoms. The van der Waals surface area contributed by atoms with Gasteiger partial charge in [0.1, 0.15) is 5.76 Å². The normalized spacial score (nSPS) is 14.3. The van der Waals surface area contributed by atoms with Gasteiger partial charge in [-0.1, -0.05) is 17.8 Å². The smallest absolute Gasteiger partial charge is 0.253 e. The molecule has 0 N–H and O–H groups in total. The van der Waals surface area contributed by atoms with Gasteiger partial charge in [0.2, 0.25) is 11.1 Å². The van der Waals surface area contributed by atoms with Crippen LogP contribution in [0.15, 0.2) is 45.8 Å². The van der Waals surface area contributed by atoms with Crippen molar-refractivity contribution in [3.8, 4) is 0 Å². The van der Waals surface area contributed by atoms with E-state index in [1.54, 1.807) is 10.8 Å². The molecule has 1 aliphatic rings. The quantitative estimate of drug-likeness (QED) is 0.587. The summed E-state index contributed by atoms with van der Waals surface area (Å²) < 4.78 is 7.18. The number of furan rings is 1. The molecule has 3 aromatic rings. The van der Waals surface area contributed by atoms with Crippen molar-refractivity contribution >= 4 is 23.4 Å². The van der Waals surface area contributed by atoms with E-state index in [0.717, 1.165) is 42.1 Å². The summed E-state index contributed by atoms with van der Waals surface area (Å²) >= 11 is 1.34. The zero-order valence-electron chi connectivity index (χ0n) is 16.1. The second-order valence-electron chi connectivity index (χ2n) is 6.93. The molecule has 1 aliphatic carbocycles. The fourth-order valence-electron chi connectivity index (χ4n) is 3.39. The van der Waals surface area contributed by atoms with E-state index >= 15 is 0 Å². The van der Waals surface area contributed by atoms with Gasteiger partial charge < -0.3 is 9.32 Å². The minimum atomic E-state index is 0.0364. The molecule has 0 spiro atoms. The third kappa shape index (κ3) is 4.11. The van der Waals surface area contributed by atoms with Crippen LogP contribution in [0.4, 0.5) is 0 Å². The van der Waals surface area contributed by atoms with Crippen molar-refractivity contribution in [3.05, 3.63) is 53.4 Å². The Bertz CT molecular complexity index is 1010. The summed E-state index contributed by atoms with van der Waals surface area (Å²) in [6, 6.07) is 5.71. The molecule has 0 saturated heterocycles. The van der Waals surface area contributed by atoms with Gasteiger partial charge in [-0.05, 0) is 57.7 Å². The van der Waals surface area contributed by atoms with E-state index in [2.05, 4.69) is 21.1 Å². The van der Waals surface area contributed by atoms with Crippen LogP contribution in [0.5, 0.6) is 0 Å². The van der Waals surface area contributed by atoms with E-state index in [9.17, 15) is 4.79 Å². The third-order valence-corrected chi connectivity index (χ3v) is 5.55. The zero-order chi connectivity index (χ0) is 19.5. The first kappa shape index (κ1) is 18.7. The summed E-state index contributed by atoms with van der Waals surface area (Å²) in [5, 5.41) is 5.04. The lowest BCUT2D eigenvalue weighted by molar-refractivity contribution is -0.127. The number of hydrogen-bond acceptors (Lipinski definition) is 6. The summed E-state index contributed by atoms with van der Waals surface area (Å²) in [5.41, 5.74) is 2.96. The number of amides is 1. The van der Waals surface area contributed by atoms with Crippen LogP contribution in [0.3, 0.4) is 0 Å². The number of carbonyl (C=O) groups is 1. The number of thioether (sulfide) groups is 1. The summed E-state index contributed by atoms with van der Waals surface area (Å²) in [6.45, 7) is 4.36. The molecule has 0 unspecified atom stereocenters. The molecule has 1 amide bonds. The lowest BCUT2D eigenvalue weighted by atomic mass is 10.0. The van der Waals surface area contributed by atoms with Crippen LogP contribution in [0, 0.1) is 13.8 Å². The number of allylic oxidation sites excluding steroid dienone is 2. The van der Waals surface area contributed by atoms with Crippen LogP contribution < -0.4 is 0 Å². The van der Waals surface area contributed by atoms with Gasteiger partial charge in [-0.25, -0.2) is 9.50 Å². The predicted molar refractivity (Wildman–Crippen MR) is 107 cm³/mol. The molecule has 4 rings (SSSR count). The van der Waals surface area contributed by atoms with Crippen molar-refractivity contribution in [1.82, 2.24) is 24.5 Å². The molecule has 0 radical (unpaired) electrons. The molecule has 3 aromatic heterocycles. The fourth-order valence-corrected chi connectivity index (χ4v) is 4.08. The topological polar surface area (TPSA) is 76.5 Å². The molecular weight excluding hydrogens is 374 g/mol. The predicted octanol–water partition coefficient (Wildman–Crippen LogP) is 3.91. The molecule has 0 aliphatic heterocycles. The summed E-state index contributed by atoms with van der Waals surface area (Å²) in [7, 11) is 0. The van der Waals surface area contributed by atoms with E-state index in [1.165, 1.54) is 18.2 Å². The van der Waals surface area contributed by atoms with Gasteiger partial charge in [0.15, 0.2) is 0 Å². The SMILES string of the molecule is Cc1cc(C)n2nc(SCC(=O)N(Cc3ccco3)C3=CCCCC3)nc2n1. The van der Waals surface area contributed by atoms with Crippen LogP contribution >= 0.6 is 11.8 Å². The Morgan fingerprint density at radius 3 is 2.96 bits per heavy atom. The van der Waals surface area contributed by atoms with Crippen LogP contribution in [-0.4, -0.2) is 36.1 Å². The Morgan fingerprint density at radius 1 is 1.32 bits per heavy atom.